The van der Waals surface area contributed by atoms with Crippen molar-refractivity contribution in [2.75, 3.05) is 12.3 Å². The van der Waals surface area contributed by atoms with Gasteiger partial charge in [-0.3, -0.25) is 0 Å². The molecule has 1 rings (SSSR count). The Morgan fingerprint density at radius 2 is 2.50 bits per heavy atom. The van der Waals surface area contributed by atoms with Crippen molar-refractivity contribution >= 4 is 21.8 Å². The first-order valence-corrected chi connectivity index (χ1v) is 3.91. The molecule has 1 saturated heterocycles. The first kappa shape index (κ1) is 4.46. The zero-order valence-electron chi connectivity index (χ0n) is 3.09. The van der Waals surface area contributed by atoms with Gasteiger partial charge in [0, 0.05) is 4.91 Å². The van der Waals surface area contributed by atoms with Crippen molar-refractivity contribution in [3.05, 3.63) is 4.91 Å². The van der Waals surface area contributed by atoms with Crippen LogP contribution in [0, 0.1) is 4.91 Å². The van der Waals surface area contributed by atoms with Gasteiger partial charge in [0.2, 0.25) is 6.54 Å². The fourth-order valence-corrected chi connectivity index (χ4v) is 1.98. The van der Waals surface area contributed by atoms with E-state index >= 15 is 0 Å². The highest BCUT2D eigenvalue weighted by atomic mass is 33.1. The first-order valence-electron chi connectivity index (χ1n) is 1.64. The molecule has 0 radical (unpaired) electrons. The van der Waals surface area contributed by atoms with E-state index in [4.69, 9.17) is 0 Å². The van der Waals surface area contributed by atoms with Gasteiger partial charge < -0.3 is 0 Å². The number of rotatable bonds is 0. The van der Waals surface area contributed by atoms with E-state index in [9.17, 15) is 4.91 Å². The number of hydrogen-bond acceptors (Lipinski definition) is 3. The molecule has 0 aromatic carbocycles. The lowest BCUT2D eigenvalue weighted by atomic mass is 10.8. The van der Waals surface area contributed by atoms with Gasteiger partial charge in [0.1, 0.15) is 0 Å². The molecule has 0 N–H and O–H groups in total. The Bertz CT molecular complexity index is 65.9. The summed E-state index contributed by atoms with van der Waals surface area (Å²) in [5, 5.41) is 0. The van der Waals surface area contributed by atoms with Gasteiger partial charge in [-0.2, -0.15) is 0 Å². The molecule has 1 heterocycles. The van der Waals surface area contributed by atoms with Crippen LogP contribution in [-0.2, 0) is 0 Å². The van der Waals surface area contributed by atoms with E-state index in [1.54, 1.807) is 10.8 Å². The lowest BCUT2D eigenvalue weighted by molar-refractivity contribution is -0.358. The van der Waals surface area contributed by atoms with Gasteiger partial charge in [0.05, 0.1) is 9.92 Å². The van der Waals surface area contributed by atoms with Crippen LogP contribution in [0.4, 0.5) is 0 Å². The Morgan fingerprint density at radius 1 is 1.67 bits per heavy atom. The lowest BCUT2D eigenvalue weighted by Gasteiger charge is -1.59. The average Bonchev–Trinajstić information content (AvgIpc) is 1.86. The molecule has 0 amide bonds. The summed E-state index contributed by atoms with van der Waals surface area (Å²) in [7, 11) is 2.90. The van der Waals surface area contributed by atoms with Crippen LogP contribution >= 0.6 is 21.8 Å². The van der Waals surface area contributed by atoms with E-state index in [-0.39, 0.29) is 0 Å². The van der Waals surface area contributed by atoms with Gasteiger partial charge in [-0.25, -0.2) is 0 Å². The van der Waals surface area contributed by atoms with Crippen molar-refractivity contribution in [3.8, 4) is 0 Å². The van der Waals surface area contributed by atoms with Crippen molar-refractivity contribution < 1.29 is 4.17 Å². The summed E-state index contributed by atoms with van der Waals surface area (Å²) in [6.07, 6.45) is 0. The SMILES string of the molecule is O=[N+]1CCSS1. The predicted molar refractivity (Wildman–Crippen MR) is 28.5 cm³/mol. The van der Waals surface area contributed by atoms with Gasteiger partial charge in [-0.15, -0.1) is 0 Å². The maximum absolute atomic E-state index is 10.1. The molecule has 0 saturated carbocycles. The maximum atomic E-state index is 10.1. The monoisotopic (exact) mass is 122 g/mol. The maximum Gasteiger partial charge on any atom is 0.285 e. The summed E-state index contributed by atoms with van der Waals surface area (Å²) in [6, 6.07) is 0. The highest BCUT2D eigenvalue weighted by molar-refractivity contribution is 8.74. The third-order valence-electron chi connectivity index (χ3n) is 0.493. The molecule has 1 fully saturated rings. The molecular weight excluding hydrogens is 118 g/mol. The standard InChI is InChI=1S/C2H4NOS2/c4-3-1-2-5-6-3/h1-2H2/q+1. The van der Waals surface area contributed by atoms with Crippen LogP contribution < -0.4 is 0 Å². The normalized spacial score (nSPS) is 22.3. The topological polar surface area (TPSA) is 20.1 Å². The second-order valence-corrected chi connectivity index (χ2v) is 3.31. The van der Waals surface area contributed by atoms with Crippen molar-refractivity contribution in [2.45, 2.75) is 0 Å². The summed E-state index contributed by atoms with van der Waals surface area (Å²) in [5.41, 5.74) is 0. The third kappa shape index (κ3) is 0.879. The predicted octanol–water partition coefficient (Wildman–Crippen LogP) is 1.08. The van der Waals surface area contributed by atoms with Crippen LogP contribution in [0.2, 0.25) is 0 Å². The van der Waals surface area contributed by atoms with E-state index < -0.39 is 0 Å². The quantitative estimate of drug-likeness (QED) is 0.272. The zero-order chi connectivity index (χ0) is 4.41. The van der Waals surface area contributed by atoms with Gasteiger partial charge >= 0.3 is 0 Å². The Morgan fingerprint density at radius 3 is 2.67 bits per heavy atom. The molecule has 4 heteroatoms. The molecule has 6 heavy (non-hydrogen) atoms. The fourth-order valence-electron chi connectivity index (χ4n) is 0.245. The first-order chi connectivity index (χ1) is 2.89. The highest BCUT2D eigenvalue weighted by Crippen LogP contribution is 2.27. The van der Waals surface area contributed by atoms with Crippen LogP contribution in [0.25, 0.3) is 0 Å². The molecule has 0 atom stereocenters. The molecule has 34 valence electrons. The fraction of sp³-hybridized carbons (Fsp3) is 1.00. The molecule has 0 unspecified atom stereocenters. The summed E-state index contributed by atoms with van der Waals surface area (Å²) in [4.78, 5) is 10.1. The highest BCUT2D eigenvalue weighted by Gasteiger charge is 2.19. The summed E-state index contributed by atoms with van der Waals surface area (Å²) in [6.45, 7) is 0.690. The minimum absolute atomic E-state index is 0.690. The van der Waals surface area contributed by atoms with Crippen molar-refractivity contribution in [2.24, 2.45) is 0 Å². The summed E-state index contributed by atoms with van der Waals surface area (Å²) in [5.74, 6) is 0.980. The van der Waals surface area contributed by atoms with Crippen molar-refractivity contribution in [1.82, 2.24) is 0 Å². The summed E-state index contributed by atoms with van der Waals surface area (Å²) >= 11 is 0. The molecular formula is C2H4NOS2+. The average molecular weight is 122 g/mol. The number of nitrogens with zero attached hydrogens (tertiary/aromatic N) is 1. The molecule has 2 nitrogen and oxygen atoms in total. The molecule has 1 aliphatic heterocycles. The van der Waals surface area contributed by atoms with E-state index in [0.717, 1.165) is 9.92 Å². The van der Waals surface area contributed by atoms with Crippen LogP contribution in [0.3, 0.4) is 0 Å². The van der Waals surface area contributed by atoms with Crippen molar-refractivity contribution in [3.63, 3.8) is 0 Å². The van der Waals surface area contributed by atoms with E-state index in [1.807, 2.05) is 0 Å². The molecule has 0 bridgehead atoms. The Labute approximate surface area is 43.8 Å². The molecule has 0 aromatic rings. The van der Waals surface area contributed by atoms with Gasteiger partial charge in [-0.05, 0) is 10.8 Å². The molecule has 0 aromatic heterocycles. The van der Waals surface area contributed by atoms with Crippen LogP contribution in [0.15, 0.2) is 0 Å². The number of nitroso groups, excluding NO2 is 1. The minimum Gasteiger partial charge on any atom is -0.00874 e. The lowest BCUT2D eigenvalue weighted by Crippen LogP contribution is -1.90. The van der Waals surface area contributed by atoms with E-state index in [1.165, 1.54) is 11.0 Å². The van der Waals surface area contributed by atoms with Gasteiger partial charge in [0.15, 0.2) is 0 Å². The summed E-state index contributed by atoms with van der Waals surface area (Å²) < 4.78 is 0.991. The van der Waals surface area contributed by atoms with Crippen LogP contribution in [0.1, 0.15) is 0 Å². The van der Waals surface area contributed by atoms with E-state index in [2.05, 4.69) is 0 Å². The Hall–Kier alpha value is 0.300. The smallest absolute Gasteiger partial charge is 0.00874 e. The van der Waals surface area contributed by atoms with Crippen molar-refractivity contribution in [1.29, 1.82) is 0 Å². The van der Waals surface area contributed by atoms with Crippen LogP contribution in [-0.4, -0.2) is 16.5 Å². The van der Waals surface area contributed by atoms with E-state index in [0.29, 0.717) is 6.54 Å². The minimum atomic E-state index is 0.690. The Kier molecular flexibility index (Phi) is 1.37. The zero-order valence-corrected chi connectivity index (χ0v) is 4.72. The second kappa shape index (κ2) is 1.84. The largest absolute Gasteiger partial charge is 0.285 e. The van der Waals surface area contributed by atoms with Crippen LogP contribution in [0.5, 0.6) is 0 Å². The van der Waals surface area contributed by atoms with Gasteiger partial charge in [0.25, 0.3) is 11.0 Å². The molecule has 1 aliphatic rings. The second-order valence-electron chi connectivity index (χ2n) is 0.953. The Balaban J connectivity index is 2.37. The third-order valence-corrected chi connectivity index (χ3v) is 2.61. The van der Waals surface area contributed by atoms with Gasteiger partial charge in [-0.1, -0.05) is 0 Å². The molecule has 0 aliphatic carbocycles. The number of hydrogen-bond donors (Lipinski definition) is 0. The molecule has 0 spiro atoms.